The van der Waals surface area contributed by atoms with Gasteiger partial charge in [0, 0.05) is 12.8 Å². The van der Waals surface area contributed by atoms with Crippen molar-refractivity contribution in [1.29, 1.82) is 0 Å². The lowest BCUT2D eigenvalue weighted by molar-refractivity contribution is -0.145. The summed E-state index contributed by atoms with van der Waals surface area (Å²) in [6.45, 7) is 1.36. The van der Waals surface area contributed by atoms with E-state index in [2.05, 4.69) is 10.3 Å². The highest BCUT2D eigenvalue weighted by molar-refractivity contribution is 5.77. The van der Waals surface area contributed by atoms with Crippen LogP contribution in [0.5, 0.6) is 0 Å². The molecular weight excluding hydrogens is 312 g/mol. The van der Waals surface area contributed by atoms with E-state index < -0.39 is 36.0 Å². The minimum Gasteiger partial charge on any atom is -0.481 e. The van der Waals surface area contributed by atoms with Crippen molar-refractivity contribution in [3.63, 3.8) is 0 Å². The van der Waals surface area contributed by atoms with Crippen LogP contribution in [-0.2, 0) is 9.59 Å². The fraction of sp³-hybridized carbons (Fsp3) is 0.438. The number of guanidine groups is 1. The van der Waals surface area contributed by atoms with E-state index >= 15 is 0 Å². The van der Waals surface area contributed by atoms with E-state index in [0.29, 0.717) is 0 Å². The third kappa shape index (κ3) is 3.83. The number of benzene rings is 1. The van der Waals surface area contributed by atoms with Crippen LogP contribution in [0.15, 0.2) is 35.3 Å². The van der Waals surface area contributed by atoms with Gasteiger partial charge < -0.3 is 27.0 Å². The summed E-state index contributed by atoms with van der Waals surface area (Å²) in [6.07, 6.45) is -1.09. The molecule has 1 aliphatic carbocycles. The maximum atomic E-state index is 11.6. The van der Waals surface area contributed by atoms with Crippen molar-refractivity contribution in [2.24, 2.45) is 28.3 Å². The molecule has 7 N–H and O–H groups in total. The topological polar surface area (TPSA) is 151 Å². The van der Waals surface area contributed by atoms with Gasteiger partial charge in [-0.3, -0.25) is 9.59 Å². The van der Waals surface area contributed by atoms with E-state index in [9.17, 15) is 19.8 Å². The summed E-state index contributed by atoms with van der Waals surface area (Å²) < 4.78 is 0. The van der Waals surface area contributed by atoms with Gasteiger partial charge in [0.25, 0.3) is 0 Å². The average Bonchev–Trinajstić information content (AvgIpc) is 2.81. The fourth-order valence-corrected chi connectivity index (χ4v) is 3.33. The van der Waals surface area contributed by atoms with Crippen molar-refractivity contribution < 1.29 is 19.8 Å². The Morgan fingerprint density at radius 2 is 1.92 bits per heavy atom. The van der Waals surface area contributed by atoms with Crippen LogP contribution in [0.4, 0.5) is 0 Å². The number of aliphatic hydroxyl groups excluding tert-OH is 1. The first-order valence-corrected chi connectivity index (χ1v) is 7.63. The van der Waals surface area contributed by atoms with Gasteiger partial charge in [0.2, 0.25) is 5.91 Å². The Morgan fingerprint density at radius 3 is 2.42 bits per heavy atom. The predicted molar refractivity (Wildman–Crippen MR) is 87.8 cm³/mol. The van der Waals surface area contributed by atoms with Gasteiger partial charge in [-0.15, -0.1) is 0 Å². The molecule has 0 radical (unpaired) electrons. The molecule has 1 saturated carbocycles. The lowest BCUT2D eigenvalue weighted by Crippen LogP contribution is -2.41. The van der Waals surface area contributed by atoms with Gasteiger partial charge in [-0.2, -0.15) is 0 Å². The predicted octanol–water partition coefficient (Wildman–Crippen LogP) is -0.413. The number of hydrogen-bond acceptors (Lipinski definition) is 4. The molecule has 1 aromatic rings. The van der Waals surface area contributed by atoms with Gasteiger partial charge in [-0.25, -0.2) is 4.99 Å². The number of amides is 1. The SMILES string of the molecule is CC(=O)N[C@@H](c1ccccc1)[C@@H]1[C@H](O)[C@@H](C(=O)O)C[C@H]1N=C(N)N. The zero-order valence-electron chi connectivity index (χ0n) is 13.3. The van der Waals surface area contributed by atoms with Crippen molar-refractivity contribution in [1.82, 2.24) is 5.32 Å². The third-order valence-electron chi connectivity index (χ3n) is 4.28. The van der Waals surface area contributed by atoms with Crippen LogP contribution in [0.2, 0.25) is 0 Å². The van der Waals surface area contributed by atoms with Crippen LogP contribution in [-0.4, -0.2) is 40.2 Å². The number of carbonyl (C=O) groups excluding carboxylic acids is 1. The molecule has 0 spiro atoms. The molecule has 0 unspecified atom stereocenters. The lowest BCUT2D eigenvalue weighted by Gasteiger charge is -2.30. The number of carboxylic acid groups (broad SMARTS) is 1. The van der Waals surface area contributed by atoms with Crippen molar-refractivity contribution in [3.8, 4) is 0 Å². The fourth-order valence-electron chi connectivity index (χ4n) is 3.33. The minimum atomic E-state index is -1.19. The molecule has 24 heavy (non-hydrogen) atoms. The summed E-state index contributed by atoms with van der Waals surface area (Å²) in [5.74, 6) is -3.24. The average molecular weight is 334 g/mol. The number of aliphatic carboxylic acids is 1. The molecule has 8 nitrogen and oxygen atoms in total. The van der Waals surface area contributed by atoms with Crippen LogP contribution in [0.1, 0.15) is 24.9 Å². The molecule has 8 heteroatoms. The summed E-state index contributed by atoms with van der Waals surface area (Å²) in [5, 5.41) is 22.7. The molecule has 5 atom stereocenters. The minimum absolute atomic E-state index is 0.0992. The van der Waals surface area contributed by atoms with Crippen molar-refractivity contribution in [3.05, 3.63) is 35.9 Å². The number of carbonyl (C=O) groups is 2. The van der Waals surface area contributed by atoms with E-state index in [1.165, 1.54) is 6.92 Å². The first-order valence-electron chi connectivity index (χ1n) is 7.63. The monoisotopic (exact) mass is 334 g/mol. The van der Waals surface area contributed by atoms with Gasteiger partial charge in [0.05, 0.1) is 24.1 Å². The van der Waals surface area contributed by atoms with Gasteiger partial charge in [0.15, 0.2) is 5.96 Å². The Kier molecular flexibility index (Phi) is 5.40. The number of hydrogen-bond donors (Lipinski definition) is 5. The Hall–Kier alpha value is -2.61. The molecular formula is C16H22N4O4. The Balaban J connectivity index is 2.45. The van der Waals surface area contributed by atoms with E-state index in [0.717, 1.165) is 5.56 Å². The molecule has 0 heterocycles. The molecule has 130 valence electrons. The van der Waals surface area contributed by atoms with E-state index in [4.69, 9.17) is 11.5 Å². The zero-order chi connectivity index (χ0) is 17.9. The number of aliphatic hydroxyl groups is 1. The van der Waals surface area contributed by atoms with Crippen LogP contribution >= 0.6 is 0 Å². The van der Waals surface area contributed by atoms with E-state index in [1.807, 2.05) is 6.07 Å². The molecule has 2 rings (SSSR count). The van der Waals surface area contributed by atoms with E-state index in [-0.39, 0.29) is 18.3 Å². The summed E-state index contributed by atoms with van der Waals surface area (Å²) in [7, 11) is 0. The van der Waals surface area contributed by atoms with Gasteiger partial charge in [-0.1, -0.05) is 30.3 Å². The number of carboxylic acids is 1. The van der Waals surface area contributed by atoms with Crippen molar-refractivity contribution in [2.75, 3.05) is 0 Å². The standard InChI is InChI=1S/C16H22N4O4/c1-8(21)19-13(9-5-3-2-4-6-9)12-11(20-16(17)18)7-10(14(12)22)15(23)24/h2-6,10-14,22H,7H2,1H3,(H,19,21)(H,23,24)(H4,17,18,20)/t10-,11+,12+,13-,14+/m0/s1. The normalized spacial score (nSPS) is 27.2. The summed E-state index contributed by atoms with van der Waals surface area (Å²) in [5.41, 5.74) is 11.7. The molecule has 1 aliphatic rings. The summed E-state index contributed by atoms with van der Waals surface area (Å²) in [6, 6.07) is 7.82. The zero-order valence-corrected chi connectivity index (χ0v) is 13.3. The molecule has 0 saturated heterocycles. The highest BCUT2D eigenvalue weighted by Crippen LogP contribution is 2.41. The van der Waals surface area contributed by atoms with Crippen LogP contribution < -0.4 is 16.8 Å². The van der Waals surface area contributed by atoms with E-state index in [1.54, 1.807) is 24.3 Å². The summed E-state index contributed by atoms with van der Waals surface area (Å²) in [4.78, 5) is 27.1. The Morgan fingerprint density at radius 1 is 1.29 bits per heavy atom. The number of nitrogens with zero attached hydrogens (tertiary/aromatic N) is 1. The quantitative estimate of drug-likeness (QED) is 0.365. The molecule has 0 bridgehead atoms. The first kappa shape index (κ1) is 17.7. The third-order valence-corrected chi connectivity index (χ3v) is 4.28. The lowest BCUT2D eigenvalue weighted by atomic mass is 9.86. The number of nitrogens with two attached hydrogens (primary N) is 2. The maximum Gasteiger partial charge on any atom is 0.309 e. The second kappa shape index (κ2) is 7.31. The molecule has 0 aliphatic heterocycles. The number of aliphatic imine (C=N–C) groups is 1. The largest absolute Gasteiger partial charge is 0.481 e. The maximum absolute atomic E-state index is 11.6. The second-order valence-electron chi connectivity index (χ2n) is 5.96. The highest BCUT2D eigenvalue weighted by atomic mass is 16.4. The number of nitrogens with one attached hydrogen (secondary N) is 1. The molecule has 0 aromatic heterocycles. The number of rotatable bonds is 5. The van der Waals surface area contributed by atoms with Crippen LogP contribution in [0.3, 0.4) is 0 Å². The van der Waals surface area contributed by atoms with Gasteiger partial charge in [0.1, 0.15) is 0 Å². The molecule has 1 amide bonds. The second-order valence-corrected chi connectivity index (χ2v) is 5.96. The van der Waals surface area contributed by atoms with Crippen molar-refractivity contribution >= 4 is 17.8 Å². The van der Waals surface area contributed by atoms with Gasteiger partial charge in [-0.05, 0) is 12.0 Å². The first-order chi connectivity index (χ1) is 11.3. The summed E-state index contributed by atoms with van der Waals surface area (Å²) >= 11 is 0. The molecule has 1 fully saturated rings. The van der Waals surface area contributed by atoms with Gasteiger partial charge >= 0.3 is 5.97 Å². The van der Waals surface area contributed by atoms with Crippen LogP contribution in [0.25, 0.3) is 0 Å². The molecule has 1 aromatic carbocycles. The van der Waals surface area contributed by atoms with Crippen LogP contribution in [0, 0.1) is 11.8 Å². The Labute approximate surface area is 139 Å². The smallest absolute Gasteiger partial charge is 0.309 e. The Bertz CT molecular complexity index is 630. The highest BCUT2D eigenvalue weighted by Gasteiger charge is 2.50. The van der Waals surface area contributed by atoms with Crippen molar-refractivity contribution in [2.45, 2.75) is 31.5 Å².